The zero-order valence-corrected chi connectivity index (χ0v) is 13.3. The number of allylic oxidation sites excluding steroid dienone is 1. The van der Waals surface area contributed by atoms with Gasteiger partial charge in [0.15, 0.2) is 0 Å². The molecule has 0 aliphatic carbocycles. The molecule has 20 heavy (non-hydrogen) atoms. The molecule has 0 saturated carbocycles. The summed E-state index contributed by atoms with van der Waals surface area (Å²) in [7, 11) is 3.37. The number of hydrogen-bond donors (Lipinski definition) is 1. The maximum absolute atomic E-state index is 5.89. The van der Waals surface area contributed by atoms with Crippen LogP contribution in [0.25, 0.3) is 0 Å². The minimum absolute atomic E-state index is 0.406. The van der Waals surface area contributed by atoms with Gasteiger partial charge < -0.3 is 14.7 Å². The molecule has 0 aromatic carbocycles. The van der Waals surface area contributed by atoms with E-state index in [1.54, 1.807) is 20.8 Å². The number of aliphatic imine (C=N–C) groups is 1. The highest BCUT2D eigenvalue weighted by atomic mass is 16.5. The molecular formula is C15H24BN2O2. The van der Waals surface area contributed by atoms with Gasteiger partial charge in [0.1, 0.15) is 5.84 Å². The highest BCUT2D eigenvalue weighted by Crippen LogP contribution is 2.29. The van der Waals surface area contributed by atoms with E-state index in [4.69, 9.17) is 9.39 Å². The van der Waals surface area contributed by atoms with Crippen LogP contribution < -0.4 is 5.32 Å². The molecular weight excluding hydrogens is 251 g/mol. The van der Waals surface area contributed by atoms with Crippen molar-refractivity contribution >= 4 is 13.3 Å². The normalized spacial score (nSPS) is 16.4. The minimum Gasteiger partial charge on any atom is -0.427 e. The Kier molecular flexibility index (Phi) is 5.37. The van der Waals surface area contributed by atoms with Gasteiger partial charge in [-0.3, -0.25) is 0 Å². The molecule has 0 bridgehead atoms. The second kappa shape index (κ2) is 6.42. The Morgan fingerprint density at radius 3 is 2.50 bits per heavy atom. The molecule has 0 amide bonds. The molecule has 0 aromatic heterocycles. The molecule has 4 nitrogen and oxygen atoms in total. The second-order valence-corrected chi connectivity index (χ2v) is 5.65. The van der Waals surface area contributed by atoms with Crippen molar-refractivity contribution in [2.75, 3.05) is 7.11 Å². The largest absolute Gasteiger partial charge is 0.427 e. The molecule has 1 aliphatic rings. The quantitative estimate of drug-likeness (QED) is 0.758. The molecule has 0 unspecified atom stereocenters. The Labute approximate surface area is 122 Å². The lowest BCUT2D eigenvalue weighted by atomic mass is 9.80. The first-order chi connectivity index (χ1) is 9.25. The fourth-order valence-corrected chi connectivity index (χ4v) is 1.41. The molecule has 1 aliphatic heterocycles. The van der Waals surface area contributed by atoms with Crippen molar-refractivity contribution < 1.29 is 9.39 Å². The smallest absolute Gasteiger partial charge is 0.333 e. The molecule has 0 aromatic rings. The van der Waals surface area contributed by atoms with E-state index in [0.29, 0.717) is 0 Å². The van der Waals surface area contributed by atoms with E-state index in [1.165, 1.54) is 0 Å². The third-order valence-corrected chi connectivity index (χ3v) is 3.79. The Balaban J connectivity index is 2.59. The van der Waals surface area contributed by atoms with Crippen LogP contribution in [-0.4, -0.2) is 31.6 Å². The summed E-state index contributed by atoms with van der Waals surface area (Å²) in [5, 5.41) is 3.07. The molecule has 1 N–H and O–H groups in total. The number of methoxy groups -OCH3 is 1. The highest BCUT2D eigenvalue weighted by molar-refractivity contribution is 6.43. The number of ether oxygens (including phenoxy) is 1. The third kappa shape index (κ3) is 3.61. The van der Waals surface area contributed by atoms with E-state index in [9.17, 15) is 0 Å². The van der Waals surface area contributed by atoms with E-state index in [2.05, 4.69) is 16.9 Å². The van der Waals surface area contributed by atoms with Gasteiger partial charge in [-0.15, -0.1) is 0 Å². The lowest BCUT2D eigenvalue weighted by Crippen LogP contribution is -2.49. The maximum atomic E-state index is 5.89. The Morgan fingerprint density at radius 2 is 1.95 bits per heavy atom. The lowest BCUT2D eigenvalue weighted by Gasteiger charge is -2.40. The average Bonchev–Trinajstić information content (AvgIpc) is 2.74. The van der Waals surface area contributed by atoms with Crippen molar-refractivity contribution in [3.63, 3.8) is 0 Å². The predicted octanol–water partition coefficient (Wildman–Crippen LogP) is 2.76. The Bertz CT molecular complexity index is 462. The topological polar surface area (TPSA) is 42.9 Å². The summed E-state index contributed by atoms with van der Waals surface area (Å²) in [5.74, 6) is 0.738. The fourth-order valence-electron chi connectivity index (χ4n) is 1.41. The van der Waals surface area contributed by atoms with Gasteiger partial charge in [-0.25, -0.2) is 4.99 Å². The molecule has 1 rings (SSSR count). The van der Waals surface area contributed by atoms with Crippen molar-refractivity contribution in [1.29, 1.82) is 0 Å². The summed E-state index contributed by atoms with van der Waals surface area (Å²) in [6.07, 6.45) is 5.46. The van der Waals surface area contributed by atoms with Gasteiger partial charge in [-0.05, 0) is 46.3 Å². The van der Waals surface area contributed by atoms with E-state index in [-0.39, 0.29) is 0 Å². The first-order valence-electron chi connectivity index (χ1n) is 6.66. The van der Waals surface area contributed by atoms with E-state index >= 15 is 0 Å². The number of hydrogen-bond acceptors (Lipinski definition) is 4. The van der Waals surface area contributed by atoms with Gasteiger partial charge in [0, 0.05) is 18.9 Å². The summed E-state index contributed by atoms with van der Waals surface area (Å²) in [4.78, 5) is 4.27. The molecule has 5 heteroatoms. The van der Waals surface area contributed by atoms with Crippen LogP contribution in [0.4, 0.5) is 0 Å². The summed E-state index contributed by atoms with van der Waals surface area (Å²) in [6, 6.07) is 0. The average molecular weight is 275 g/mol. The van der Waals surface area contributed by atoms with Crippen molar-refractivity contribution in [2.24, 2.45) is 4.99 Å². The molecule has 1 heterocycles. The molecule has 1 radical (unpaired) electrons. The van der Waals surface area contributed by atoms with Gasteiger partial charge in [0.2, 0.25) is 0 Å². The van der Waals surface area contributed by atoms with Crippen LogP contribution >= 0.6 is 0 Å². The van der Waals surface area contributed by atoms with E-state index in [1.807, 2.05) is 46.9 Å². The van der Waals surface area contributed by atoms with Gasteiger partial charge in [0.05, 0.1) is 11.2 Å². The standard InChI is InChI=1S/C15H24BN2O2/c1-8-9-17-13-11(2)12(10-18-13)16-20-15(5,6)14(3,4)19-7/h8-10H,2H2,1,3-7H3,(H,17,18)/b9-8-. The van der Waals surface area contributed by atoms with Gasteiger partial charge >= 0.3 is 7.48 Å². The summed E-state index contributed by atoms with van der Waals surface area (Å²) in [5.41, 5.74) is 0.797. The first kappa shape index (κ1) is 16.7. The van der Waals surface area contributed by atoms with E-state index < -0.39 is 11.2 Å². The monoisotopic (exact) mass is 275 g/mol. The van der Waals surface area contributed by atoms with Crippen molar-refractivity contribution in [3.05, 3.63) is 36.1 Å². The number of rotatable bonds is 6. The van der Waals surface area contributed by atoms with Crippen LogP contribution in [0.3, 0.4) is 0 Å². The van der Waals surface area contributed by atoms with Crippen LogP contribution in [0.1, 0.15) is 34.6 Å². The van der Waals surface area contributed by atoms with Crippen LogP contribution in [0.2, 0.25) is 0 Å². The predicted molar refractivity (Wildman–Crippen MR) is 84.6 cm³/mol. The molecule has 0 spiro atoms. The summed E-state index contributed by atoms with van der Waals surface area (Å²) < 4.78 is 11.4. The number of amidine groups is 1. The van der Waals surface area contributed by atoms with E-state index in [0.717, 1.165) is 16.9 Å². The zero-order chi connectivity index (χ0) is 15.4. The van der Waals surface area contributed by atoms with Gasteiger partial charge in [0.25, 0.3) is 0 Å². The summed E-state index contributed by atoms with van der Waals surface area (Å²) in [6.45, 7) is 13.9. The number of nitrogens with one attached hydrogen (secondary N) is 1. The van der Waals surface area contributed by atoms with Crippen molar-refractivity contribution in [1.82, 2.24) is 5.32 Å². The zero-order valence-electron chi connectivity index (χ0n) is 13.3. The SMILES string of the molecule is C=C1C([B]OC(C)(C)C(C)(C)OC)=CN=C1N/C=C\C. The minimum atomic E-state index is -0.470. The molecule has 0 saturated heterocycles. The van der Waals surface area contributed by atoms with Gasteiger partial charge in [-0.2, -0.15) is 0 Å². The lowest BCUT2D eigenvalue weighted by molar-refractivity contribution is -0.114. The van der Waals surface area contributed by atoms with Crippen molar-refractivity contribution in [3.8, 4) is 0 Å². The van der Waals surface area contributed by atoms with Crippen molar-refractivity contribution in [2.45, 2.75) is 45.8 Å². The maximum Gasteiger partial charge on any atom is 0.333 e. The van der Waals surface area contributed by atoms with Crippen LogP contribution in [0.5, 0.6) is 0 Å². The molecule has 0 atom stereocenters. The van der Waals surface area contributed by atoms with Crippen LogP contribution in [0.15, 0.2) is 41.1 Å². The van der Waals surface area contributed by atoms with Crippen LogP contribution in [-0.2, 0) is 9.39 Å². The first-order valence-corrected chi connectivity index (χ1v) is 6.66. The van der Waals surface area contributed by atoms with Gasteiger partial charge in [-0.1, -0.05) is 12.7 Å². The molecule has 109 valence electrons. The Hall–Kier alpha value is -1.33. The second-order valence-electron chi connectivity index (χ2n) is 5.65. The Morgan fingerprint density at radius 1 is 1.30 bits per heavy atom. The summed E-state index contributed by atoms with van der Waals surface area (Å²) >= 11 is 0. The molecule has 0 fully saturated rings. The van der Waals surface area contributed by atoms with Crippen LogP contribution in [0, 0.1) is 0 Å². The third-order valence-electron chi connectivity index (χ3n) is 3.79. The fraction of sp³-hybridized carbons (Fsp3) is 0.533. The highest BCUT2D eigenvalue weighted by Gasteiger charge is 2.38. The number of nitrogens with zero attached hydrogens (tertiary/aromatic N) is 1.